The summed E-state index contributed by atoms with van der Waals surface area (Å²) in [5.74, 6) is 1.55. The van der Waals surface area contributed by atoms with Crippen molar-refractivity contribution in [3.63, 3.8) is 0 Å². The summed E-state index contributed by atoms with van der Waals surface area (Å²) < 4.78 is 41.1. The van der Waals surface area contributed by atoms with Crippen molar-refractivity contribution in [2.75, 3.05) is 26.3 Å². The van der Waals surface area contributed by atoms with Crippen molar-refractivity contribution < 1.29 is 17.9 Å². The Morgan fingerprint density at radius 3 is 2.61 bits per heavy atom. The third-order valence-corrected chi connectivity index (χ3v) is 10.3. The van der Waals surface area contributed by atoms with Crippen LogP contribution in [0.15, 0.2) is 24.3 Å². The van der Waals surface area contributed by atoms with Gasteiger partial charge < -0.3 is 9.47 Å². The van der Waals surface area contributed by atoms with E-state index in [9.17, 15) is 8.42 Å². The van der Waals surface area contributed by atoms with Gasteiger partial charge in [0.1, 0.15) is 12.4 Å². The van der Waals surface area contributed by atoms with Crippen LogP contribution in [0.4, 0.5) is 0 Å². The van der Waals surface area contributed by atoms with Crippen LogP contribution < -0.4 is 9.46 Å². The molecule has 172 valence electrons. The van der Waals surface area contributed by atoms with Crippen LogP contribution in [0.2, 0.25) is 0 Å². The monoisotopic (exact) mass is 448 g/mol. The van der Waals surface area contributed by atoms with Crippen molar-refractivity contribution in [2.24, 2.45) is 0 Å². The van der Waals surface area contributed by atoms with E-state index in [1.54, 1.807) is 0 Å². The average Bonchev–Trinajstić information content (AvgIpc) is 3.52. The van der Waals surface area contributed by atoms with E-state index < -0.39 is 14.8 Å². The molecule has 1 N–H and O–H groups in total. The maximum absolute atomic E-state index is 12.9. The smallest absolute Gasteiger partial charge is 0.217 e. The third-order valence-electron chi connectivity index (χ3n) is 7.98. The summed E-state index contributed by atoms with van der Waals surface area (Å²) in [6.45, 7) is 4.81. The molecule has 1 unspecified atom stereocenters. The third kappa shape index (κ3) is 4.52. The Bertz CT molecular complexity index is 877. The van der Waals surface area contributed by atoms with Crippen LogP contribution in [-0.2, 0) is 14.8 Å². The minimum absolute atomic E-state index is 0.0585. The molecule has 1 aromatic carbocycles. The largest absolute Gasteiger partial charge is 0.492 e. The minimum Gasteiger partial charge on any atom is -0.492 e. The minimum atomic E-state index is -3.31. The molecular weight excluding hydrogens is 412 g/mol. The molecule has 1 saturated heterocycles. The van der Waals surface area contributed by atoms with Crippen LogP contribution in [0, 0.1) is 0 Å². The number of ether oxygens (including phenoxy) is 2. The van der Waals surface area contributed by atoms with Crippen molar-refractivity contribution in [2.45, 2.75) is 87.1 Å². The van der Waals surface area contributed by atoms with Crippen molar-refractivity contribution in [1.29, 1.82) is 0 Å². The zero-order valence-corrected chi connectivity index (χ0v) is 19.4. The van der Waals surface area contributed by atoms with Gasteiger partial charge in [-0.15, -0.1) is 0 Å². The Kier molecular flexibility index (Phi) is 6.05. The van der Waals surface area contributed by atoms with Crippen LogP contribution in [0.5, 0.6) is 5.75 Å². The molecule has 0 amide bonds. The van der Waals surface area contributed by atoms with Gasteiger partial charge in [-0.2, -0.15) is 0 Å². The zero-order valence-electron chi connectivity index (χ0n) is 18.6. The van der Waals surface area contributed by atoms with Gasteiger partial charge in [0.2, 0.25) is 10.0 Å². The Balaban J connectivity index is 1.36. The quantitative estimate of drug-likeness (QED) is 0.767. The van der Waals surface area contributed by atoms with Gasteiger partial charge in [-0.25, -0.2) is 13.1 Å². The number of hydrogen-bond acceptors (Lipinski definition) is 5. The summed E-state index contributed by atoms with van der Waals surface area (Å²) in [6.07, 6.45) is 8.00. The van der Waals surface area contributed by atoms with E-state index in [1.165, 1.54) is 5.56 Å². The Morgan fingerprint density at radius 2 is 1.84 bits per heavy atom. The molecule has 31 heavy (non-hydrogen) atoms. The molecule has 0 aromatic heterocycles. The molecule has 1 aromatic rings. The number of nitrogens with zero attached hydrogens (tertiary/aromatic N) is 1. The normalized spacial score (nSPS) is 33.7. The van der Waals surface area contributed by atoms with E-state index in [0.717, 1.165) is 70.2 Å². The maximum atomic E-state index is 12.9. The molecule has 3 heterocycles. The standard InChI is InChI=1S/C24H36N2O4S/c1-24(12-13-24)31(27,28)25-21-6-4-14-26-15-16-29-23-7-3-2-5-20(23)18-8-10-19(11-9-18)30-17-22(21)26/h2-3,5,7,18-19,21-22,25H,4,6,8-17H2,1H3/t18?,19?,21-,22?/m0/s1. The van der Waals surface area contributed by atoms with E-state index in [0.29, 0.717) is 19.1 Å². The fourth-order valence-corrected chi connectivity index (χ4v) is 7.14. The predicted octanol–water partition coefficient (Wildman–Crippen LogP) is 3.43. The molecule has 6 rings (SSSR count). The van der Waals surface area contributed by atoms with Crippen LogP contribution in [0.25, 0.3) is 0 Å². The number of para-hydroxylation sites is 1. The number of sulfonamides is 1. The second kappa shape index (κ2) is 8.65. The first-order valence-corrected chi connectivity index (χ1v) is 13.5. The topological polar surface area (TPSA) is 67.9 Å². The van der Waals surface area contributed by atoms with Crippen molar-refractivity contribution in [3.8, 4) is 5.75 Å². The van der Waals surface area contributed by atoms with Crippen molar-refractivity contribution in [3.05, 3.63) is 29.8 Å². The number of nitrogens with one attached hydrogen (secondary N) is 1. The average molecular weight is 449 g/mol. The van der Waals surface area contributed by atoms with E-state index >= 15 is 0 Å². The highest BCUT2D eigenvalue weighted by Crippen LogP contribution is 2.43. The lowest BCUT2D eigenvalue weighted by Gasteiger charge is -2.42. The van der Waals surface area contributed by atoms with E-state index in [2.05, 4.69) is 33.9 Å². The molecule has 3 fully saturated rings. The van der Waals surface area contributed by atoms with Crippen LogP contribution in [0.1, 0.15) is 69.8 Å². The highest BCUT2D eigenvalue weighted by atomic mass is 32.2. The van der Waals surface area contributed by atoms with E-state index in [4.69, 9.17) is 9.47 Å². The van der Waals surface area contributed by atoms with Crippen LogP contribution >= 0.6 is 0 Å². The first-order valence-electron chi connectivity index (χ1n) is 12.0. The Morgan fingerprint density at radius 1 is 1.06 bits per heavy atom. The fourth-order valence-electron chi connectivity index (χ4n) is 5.55. The van der Waals surface area contributed by atoms with Crippen LogP contribution in [-0.4, -0.2) is 62.6 Å². The molecule has 3 aliphatic heterocycles. The summed E-state index contributed by atoms with van der Waals surface area (Å²) in [5, 5.41) is 0. The first kappa shape index (κ1) is 21.7. The highest BCUT2D eigenvalue weighted by Gasteiger charge is 2.51. The number of rotatable bonds is 3. The van der Waals surface area contributed by atoms with Gasteiger partial charge in [-0.05, 0) is 82.4 Å². The Hall–Kier alpha value is -1.15. The van der Waals surface area contributed by atoms with Crippen molar-refractivity contribution >= 4 is 10.0 Å². The second-order valence-corrected chi connectivity index (χ2v) is 12.3. The maximum Gasteiger partial charge on any atom is 0.217 e. The predicted molar refractivity (Wildman–Crippen MR) is 121 cm³/mol. The van der Waals surface area contributed by atoms with E-state index in [1.807, 2.05) is 6.92 Å². The van der Waals surface area contributed by atoms with Gasteiger partial charge in [0.25, 0.3) is 0 Å². The molecular formula is C24H36N2O4S. The molecule has 2 saturated carbocycles. The SMILES string of the molecule is CC1(S(=O)(=O)N[C@H]2CCCN3CCOc4ccccc4C4CCC(CC4)OCC23)CC1. The van der Waals surface area contributed by atoms with Gasteiger partial charge in [0.05, 0.1) is 17.5 Å². The lowest BCUT2D eigenvalue weighted by atomic mass is 9.82. The summed E-state index contributed by atoms with van der Waals surface area (Å²) >= 11 is 0. The van der Waals surface area contributed by atoms with Gasteiger partial charge >= 0.3 is 0 Å². The number of hydrogen-bond donors (Lipinski definition) is 1. The van der Waals surface area contributed by atoms with Gasteiger partial charge in [-0.1, -0.05) is 18.2 Å². The molecule has 2 atom stereocenters. The molecule has 2 bridgehead atoms. The molecule has 7 heteroatoms. The number of benzene rings is 1. The first-order chi connectivity index (χ1) is 15.0. The van der Waals surface area contributed by atoms with Gasteiger partial charge in [-0.3, -0.25) is 4.90 Å². The lowest BCUT2D eigenvalue weighted by molar-refractivity contribution is -0.0284. The van der Waals surface area contributed by atoms with Gasteiger partial charge in [0, 0.05) is 18.6 Å². The van der Waals surface area contributed by atoms with Crippen molar-refractivity contribution in [1.82, 2.24) is 9.62 Å². The Labute approximate surface area is 186 Å². The number of fused-ring (bicyclic) bond motifs is 5. The molecule has 6 nitrogen and oxygen atoms in total. The lowest BCUT2D eigenvalue weighted by Crippen LogP contribution is -2.59. The summed E-state index contributed by atoms with van der Waals surface area (Å²) in [7, 11) is -3.31. The summed E-state index contributed by atoms with van der Waals surface area (Å²) in [5.41, 5.74) is 1.33. The molecule has 5 aliphatic rings. The fraction of sp³-hybridized carbons (Fsp3) is 0.750. The second-order valence-electron chi connectivity index (χ2n) is 10.1. The molecule has 0 spiro atoms. The van der Waals surface area contributed by atoms with Crippen LogP contribution in [0.3, 0.4) is 0 Å². The summed E-state index contributed by atoms with van der Waals surface area (Å²) in [4.78, 5) is 2.39. The summed E-state index contributed by atoms with van der Waals surface area (Å²) in [6, 6.07) is 8.44. The van der Waals surface area contributed by atoms with E-state index in [-0.39, 0.29) is 18.2 Å². The molecule has 0 radical (unpaired) electrons. The number of piperidine rings is 1. The zero-order chi connectivity index (χ0) is 21.5. The molecule has 2 aliphatic carbocycles. The van der Waals surface area contributed by atoms with Gasteiger partial charge in [0.15, 0.2) is 0 Å². The highest BCUT2D eigenvalue weighted by molar-refractivity contribution is 7.91.